The molecule has 1 atom stereocenters. The predicted octanol–water partition coefficient (Wildman–Crippen LogP) is 1.46. The highest BCUT2D eigenvalue weighted by molar-refractivity contribution is 7.90. The van der Waals surface area contributed by atoms with Gasteiger partial charge in [0.15, 0.2) is 0 Å². The number of hydrogen-bond acceptors (Lipinski definition) is 6. The molecule has 11 heteroatoms. The summed E-state index contributed by atoms with van der Waals surface area (Å²) >= 11 is 0. The molecular weight excluding hydrogens is 428 g/mol. The fraction of sp³-hybridized carbons (Fsp3) is 0.263. The monoisotopic (exact) mass is 450 g/mol. The Kier molecular flexibility index (Phi) is 6.54. The number of carbonyl (C=O) groups is 1. The van der Waals surface area contributed by atoms with Crippen molar-refractivity contribution in [2.75, 3.05) is 11.9 Å². The van der Waals surface area contributed by atoms with E-state index in [1.165, 1.54) is 43.3 Å². The summed E-state index contributed by atoms with van der Waals surface area (Å²) < 4.78 is 54.5. The number of sulfonamides is 2. The zero-order valence-corrected chi connectivity index (χ0v) is 17.8. The van der Waals surface area contributed by atoms with E-state index in [0.29, 0.717) is 18.8 Å². The third-order valence-electron chi connectivity index (χ3n) is 4.32. The highest BCUT2D eigenvalue weighted by atomic mass is 32.2. The molecule has 1 aliphatic rings. The fourth-order valence-electron chi connectivity index (χ4n) is 2.78. The van der Waals surface area contributed by atoms with Gasteiger partial charge < -0.3 is 5.32 Å². The van der Waals surface area contributed by atoms with E-state index in [1.807, 2.05) is 0 Å². The van der Waals surface area contributed by atoms with Gasteiger partial charge in [-0.3, -0.25) is 14.5 Å². The first-order chi connectivity index (χ1) is 14.2. The molecule has 0 aromatic heterocycles. The van der Waals surface area contributed by atoms with Crippen LogP contribution in [0.1, 0.15) is 19.8 Å². The number of rotatable bonds is 7. The molecule has 1 amide bonds. The lowest BCUT2D eigenvalue weighted by Crippen LogP contribution is -2.41. The average Bonchev–Trinajstić information content (AvgIpc) is 3.21. The molecule has 0 fully saturated rings. The van der Waals surface area contributed by atoms with Crippen LogP contribution in [0.2, 0.25) is 0 Å². The van der Waals surface area contributed by atoms with Crippen LogP contribution in [0, 0.1) is 0 Å². The van der Waals surface area contributed by atoms with Crippen molar-refractivity contribution in [1.29, 1.82) is 0 Å². The molecule has 160 valence electrons. The van der Waals surface area contributed by atoms with E-state index in [9.17, 15) is 21.6 Å². The summed E-state index contributed by atoms with van der Waals surface area (Å²) in [7, 11) is -7.70. The third kappa shape index (κ3) is 5.43. The quantitative estimate of drug-likeness (QED) is 0.587. The van der Waals surface area contributed by atoms with Gasteiger partial charge in [-0.05, 0) is 43.7 Å². The first-order valence-electron chi connectivity index (χ1n) is 9.22. The summed E-state index contributed by atoms with van der Waals surface area (Å²) in [6.07, 6.45) is 1.36. The molecular formula is C19H22N4O5S2. The molecule has 9 nitrogen and oxygen atoms in total. The number of carbonyl (C=O) groups excluding carboxylic acids is 1. The minimum atomic E-state index is -3.87. The average molecular weight is 451 g/mol. The van der Waals surface area contributed by atoms with Crippen molar-refractivity contribution in [2.45, 2.75) is 35.6 Å². The fourth-order valence-corrected chi connectivity index (χ4v) is 5.14. The molecule has 0 aliphatic carbocycles. The first-order valence-corrected chi connectivity index (χ1v) is 12.2. The highest BCUT2D eigenvalue weighted by Crippen LogP contribution is 2.17. The Morgan fingerprint density at radius 1 is 0.967 bits per heavy atom. The second kappa shape index (κ2) is 8.94. The topological polar surface area (TPSA) is 134 Å². The SMILES string of the molecule is C[C@H](NS(=O)(=O)c1ccccc1)C(=O)Nc1cccc(S(=O)(=O)NC2=NCCC2)c1. The molecule has 0 saturated carbocycles. The number of benzene rings is 2. The second-order valence-electron chi connectivity index (χ2n) is 6.71. The van der Waals surface area contributed by atoms with Gasteiger partial charge in [-0.25, -0.2) is 16.8 Å². The van der Waals surface area contributed by atoms with Crippen molar-refractivity contribution in [3.05, 3.63) is 54.6 Å². The maximum absolute atomic E-state index is 12.5. The predicted molar refractivity (Wildman–Crippen MR) is 113 cm³/mol. The smallest absolute Gasteiger partial charge is 0.262 e. The van der Waals surface area contributed by atoms with Gasteiger partial charge in [-0.15, -0.1) is 0 Å². The van der Waals surface area contributed by atoms with Crippen molar-refractivity contribution in [3.8, 4) is 0 Å². The number of amides is 1. The Hall–Kier alpha value is -2.76. The Morgan fingerprint density at radius 3 is 2.33 bits per heavy atom. The van der Waals surface area contributed by atoms with Crippen LogP contribution >= 0.6 is 0 Å². The zero-order valence-electron chi connectivity index (χ0n) is 16.2. The molecule has 0 saturated heterocycles. The van der Waals surface area contributed by atoms with Crippen LogP contribution in [0.5, 0.6) is 0 Å². The van der Waals surface area contributed by atoms with Crippen molar-refractivity contribution in [3.63, 3.8) is 0 Å². The van der Waals surface area contributed by atoms with E-state index in [4.69, 9.17) is 0 Å². The van der Waals surface area contributed by atoms with E-state index in [-0.39, 0.29) is 15.5 Å². The molecule has 0 radical (unpaired) electrons. The molecule has 1 heterocycles. The lowest BCUT2D eigenvalue weighted by atomic mass is 10.3. The minimum Gasteiger partial charge on any atom is -0.325 e. The van der Waals surface area contributed by atoms with Gasteiger partial charge in [0.2, 0.25) is 15.9 Å². The summed E-state index contributed by atoms with van der Waals surface area (Å²) in [6.45, 7) is 1.99. The van der Waals surface area contributed by atoms with Gasteiger partial charge in [0.05, 0.1) is 15.8 Å². The number of nitrogens with one attached hydrogen (secondary N) is 3. The normalized spacial score (nSPS) is 15.3. The number of anilines is 1. The Morgan fingerprint density at radius 2 is 1.67 bits per heavy atom. The van der Waals surface area contributed by atoms with Crippen LogP contribution in [0.25, 0.3) is 0 Å². The van der Waals surface area contributed by atoms with Crippen molar-refractivity contribution < 1.29 is 21.6 Å². The lowest BCUT2D eigenvalue weighted by molar-refractivity contribution is -0.117. The molecule has 3 N–H and O–H groups in total. The van der Waals surface area contributed by atoms with Crippen LogP contribution in [-0.2, 0) is 24.8 Å². The first kappa shape index (κ1) is 21.9. The molecule has 0 bridgehead atoms. The standard InChI is InChI=1S/C19H22N4O5S2/c1-14(22-29(25,26)16-8-3-2-4-9-16)19(24)21-15-7-5-10-17(13-15)30(27,28)23-18-11-6-12-20-18/h2-5,7-10,13-14,22H,6,11-12H2,1H3,(H,20,23)(H,21,24)/t14-/m0/s1. The summed E-state index contributed by atoms with van der Waals surface area (Å²) in [6, 6.07) is 12.3. The Bertz CT molecular complexity index is 1160. The van der Waals surface area contributed by atoms with Crippen LogP contribution in [-0.4, -0.2) is 41.2 Å². The zero-order chi connectivity index (χ0) is 21.8. The second-order valence-corrected chi connectivity index (χ2v) is 10.1. The number of nitrogens with zero attached hydrogens (tertiary/aromatic N) is 1. The van der Waals surface area contributed by atoms with E-state index in [1.54, 1.807) is 18.2 Å². The molecule has 2 aromatic carbocycles. The third-order valence-corrected chi connectivity index (χ3v) is 7.25. The van der Waals surface area contributed by atoms with Gasteiger partial charge in [0.25, 0.3) is 10.0 Å². The van der Waals surface area contributed by atoms with E-state index in [0.717, 1.165) is 6.42 Å². The van der Waals surface area contributed by atoms with Crippen LogP contribution < -0.4 is 14.8 Å². The van der Waals surface area contributed by atoms with Crippen LogP contribution in [0.15, 0.2) is 69.4 Å². The highest BCUT2D eigenvalue weighted by Gasteiger charge is 2.23. The van der Waals surface area contributed by atoms with Gasteiger partial charge in [-0.1, -0.05) is 24.3 Å². The number of aliphatic imine (C=N–C) groups is 1. The van der Waals surface area contributed by atoms with Gasteiger partial charge in [0, 0.05) is 18.7 Å². The summed E-state index contributed by atoms with van der Waals surface area (Å²) in [5, 5.41) is 2.53. The molecule has 1 aliphatic heterocycles. The van der Waals surface area contributed by atoms with Gasteiger partial charge in [0.1, 0.15) is 5.84 Å². The maximum Gasteiger partial charge on any atom is 0.262 e. The van der Waals surface area contributed by atoms with E-state index < -0.39 is 32.0 Å². The number of amidine groups is 1. The van der Waals surface area contributed by atoms with Gasteiger partial charge >= 0.3 is 0 Å². The molecule has 0 spiro atoms. The van der Waals surface area contributed by atoms with E-state index in [2.05, 4.69) is 19.8 Å². The van der Waals surface area contributed by atoms with E-state index >= 15 is 0 Å². The minimum absolute atomic E-state index is 0.0348. The van der Waals surface area contributed by atoms with Crippen molar-refractivity contribution >= 4 is 37.5 Å². The van der Waals surface area contributed by atoms with Crippen LogP contribution in [0.3, 0.4) is 0 Å². The van der Waals surface area contributed by atoms with Crippen molar-refractivity contribution in [1.82, 2.24) is 9.44 Å². The Balaban J connectivity index is 1.69. The largest absolute Gasteiger partial charge is 0.325 e. The summed E-state index contributed by atoms with van der Waals surface area (Å²) in [5.74, 6) is -0.217. The molecule has 3 rings (SSSR count). The maximum atomic E-state index is 12.5. The molecule has 0 unspecified atom stereocenters. The Labute approximate surface area is 175 Å². The number of hydrogen-bond donors (Lipinski definition) is 3. The molecule has 30 heavy (non-hydrogen) atoms. The molecule has 2 aromatic rings. The van der Waals surface area contributed by atoms with Crippen molar-refractivity contribution in [2.24, 2.45) is 4.99 Å². The lowest BCUT2D eigenvalue weighted by Gasteiger charge is -2.15. The van der Waals surface area contributed by atoms with Gasteiger partial charge in [-0.2, -0.15) is 4.72 Å². The van der Waals surface area contributed by atoms with Crippen LogP contribution in [0.4, 0.5) is 5.69 Å². The summed E-state index contributed by atoms with van der Waals surface area (Å²) in [4.78, 5) is 16.5. The summed E-state index contributed by atoms with van der Waals surface area (Å²) in [5.41, 5.74) is 0.224.